The Morgan fingerprint density at radius 3 is 2.55 bits per heavy atom. The van der Waals surface area contributed by atoms with Gasteiger partial charge in [0.15, 0.2) is 0 Å². The van der Waals surface area contributed by atoms with Crippen LogP contribution >= 0.6 is 31.9 Å². The van der Waals surface area contributed by atoms with Gasteiger partial charge in [-0.15, -0.1) is 0 Å². The summed E-state index contributed by atoms with van der Waals surface area (Å²) in [4.78, 5) is 10.2. The van der Waals surface area contributed by atoms with Crippen molar-refractivity contribution >= 4 is 37.5 Å². The van der Waals surface area contributed by atoms with E-state index in [9.17, 15) is 10.1 Å². The Kier molecular flexibility index (Phi) is 6.91. The van der Waals surface area contributed by atoms with Crippen molar-refractivity contribution in [2.75, 3.05) is 13.2 Å². The minimum atomic E-state index is -0.486. The molecule has 0 saturated carbocycles. The maximum Gasteiger partial charge on any atom is 0.271 e. The number of nitrogens with one attached hydrogen (secondary N) is 1. The molecule has 0 radical (unpaired) electrons. The molecule has 8 heteroatoms. The average molecular weight is 407 g/mol. The summed E-state index contributed by atoms with van der Waals surface area (Å²) in [6, 6.07) is 4.40. The number of hydrogen-bond acceptors (Lipinski definition) is 5. The smallest absolute Gasteiger partial charge is 0.271 e. The average Bonchev–Trinajstić information content (AvgIpc) is 2.40. The third kappa shape index (κ3) is 4.74. The second-order valence-electron chi connectivity index (χ2n) is 3.94. The van der Waals surface area contributed by atoms with E-state index in [1.807, 2.05) is 6.92 Å². The van der Waals surface area contributed by atoms with E-state index in [-0.39, 0.29) is 12.3 Å². The largest absolute Gasteiger partial charge is 0.488 e. The van der Waals surface area contributed by atoms with Crippen LogP contribution in [0.15, 0.2) is 21.1 Å². The molecule has 108 valence electrons. The summed E-state index contributed by atoms with van der Waals surface area (Å²) in [5.74, 6) is 0.439. The van der Waals surface area contributed by atoms with Crippen LogP contribution in [0.5, 0.6) is 5.75 Å². The summed E-state index contributed by atoms with van der Waals surface area (Å²) >= 11 is 6.46. The Labute approximate surface area is 133 Å². The summed E-state index contributed by atoms with van der Waals surface area (Å²) in [5, 5.41) is 22.7. The molecule has 0 aliphatic carbocycles. The molecule has 1 aromatic carbocycles. The van der Waals surface area contributed by atoms with Gasteiger partial charge in [-0.1, -0.05) is 6.92 Å². The molecule has 0 spiro atoms. The lowest BCUT2D eigenvalue weighted by Crippen LogP contribution is -2.33. The molecule has 1 atom stereocenters. The van der Waals surface area contributed by atoms with E-state index in [1.54, 1.807) is 0 Å². The highest BCUT2D eigenvalue weighted by Crippen LogP contribution is 2.37. The molecule has 1 N–H and O–H groups in total. The first-order valence-corrected chi connectivity index (χ1v) is 7.47. The number of nitro groups is 1. The fourth-order valence-corrected chi connectivity index (χ4v) is 2.81. The Balaban J connectivity index is 2.78. The van der Waals surface area contributed by atoms with Crippen LogP contribution in [0.25, 0.3) is 0 Å². The summed E-state index contributed by atoms with van der Waals surface area (Å²) in [6.45, 7) is 2.89. The number of halogens is 2. The minimum absolute atomic E-state index is 0.0444. The summed E-state index contributed by atoms with van der Waals surface area (Å²) in [7, 11) is 0. The molecule has 0 aromatic heterocycles. The van der Waals surface area contributed by atoms with Crippen LogP contribution in [0.2, 0.25) is 0 Å². The van der Waals surface area contributed by atoms with Gasteiger partial charge < -0.3 is 4.74 Å². The zero-order chi connectivity index (χ0) is 15.1. The van der Waals surface area contributed by atoms with Crippen LogP contribution in [0.1, 0.15) is 13.3 Å². The Hall–Kier alpha value is -1.17. The number of rotatable bonds is 7. The second-order valence-corrected chi connectivity index (χ2v) is 5.65. The van der Waals surface area contributed by atoms with Gasteiger partial charge >= 0.3 is 0 Å². The van der Waals surface area contributed by atoms with Gasteiger partial charge in [0.2, 0.25) is 0 Å². The first-order chi connectivity index (χ1) is 9.49. The van der Waals surface area contributed by atoms with E-state index in [1.165, 1.54) is 12.1 Å². The molecular formula is C12H13Br2N3O3. The number of hydrogen-bond donors (Lipinski definition) is 1. The summed E-state index contributed by atoms with van der Waals surface area (Å²) in [6.07, 6.45) is 0.920. The third-order valence-electron chi connectivity index (χ3n) is 2.38. The van der Waals surface area contributed by atoms with E-state index in [0.29, 0.717) is 14.7 Å². The molecule has 0 aliphatic heterocycles. The van der Waals surface area contributed by atoms with E-state index in [2.05, 4.69) is 43.2 Å². The summed E-state index contributed by atoms with van der Waals surface area (Å²) in [5.41, 5.74) is -0.0444. The SMILES string of the molecule is CCCNC(C#N)COc1c(Br)cc([N+](=O)[O-])cc1Br. The standard InChI is InChI=1S/C12H13Br2N3O3/c1-2-3-16-8(6-15)7-20-12-10(13)4-9(17(18)19)5-11(12)14/h4-5,8,16H,2-3,7H2,1H3. The highest BCUT2D eigenvalue weighted by atomic mass is 79.9. The molecule has 1 aromatic rings. The molecule has 6 nitrogen and oxygen atoms in total. The van der Waals surface area contributed by atoms with Crippen molar-refractivity contribution in [3.05, 3.63) is 31.2 Å². The third-order valence-corrected chi connectivity index (χ3v) is 3.56. The van der Waals surface area contributed by atoms with Crippen LogP contribution in [0.4, 0.5) is 5.69 Å². The molecule has 1 unspecified atom stereocenters. The van der Waals surface area contributed by atoms with Gasteiger partial charge in [0, 0.05) is 12.1 Å². The maximum atomic E-state index is 10.7. The zero-order valence-electron chi connectivity index (χ0n) is 10.7. The van der Waals surface area contributed by atoms with Crippen molar-refractivity contribution < 1.29 is 9.66 Å². The monoisotopic (exact) mass is 405 g/mol. The molecule has 0 fully saturated rings. The van der Waals surface area contributed by atoms with Crippen molar-refractivity contribution in [2.45, 2.75) is 19.4 Å². The molecule has 0 heterocycles. The highest BCUT2D eigenvalue weighted by Gasteiger charge is 2.16. The van der Waals surface area contributed by atoms with Crippen molar-refractivity contribution in [1.82, 2.24) is 5.32 Å². The van der Waals surface area contributed by atoms with E-state index in [4.69, 9.17) is 10.00 Å². The fourth-order valence-electron chi connectivity index (χ4n) is 1.42. The number of ether oxygens (including phenoxy) is 1. The van der Waals surface area contributed by atoms with Crippen LogP contribution in [0, 0.1) is 21.4 Å². The molecule has 1 rings (SSSR count). The molecule has 0 aliphatic rings. The number of nitro benzene ring substituents is 1. The van der Waals surface area contributed by atoms with E-state index < -0.39 is 11.0 Å². The summed E-state index contributed by atoms with van der Waals surface area (Å²) < 4.78 is 6.48. The quantitative estimate of drug-likeness (QED) is 0.553. The molecular weight excluding hydrogens is 394 g/mol. The molecule has 0 saturated heterocycles. The Morgan fingerprint density at radius 2 is 2.10 bits per heavy atom. The zero-order valence-corrected chi connectivity index (χ0v) is 13.9. The van der Waals surface area contributed by atoms with Gasteiger partial charge in [0.05, 0.1) is 19.9 Å². The van der Waals surface area contributed by atoms with Crippen LogP contribution < -0.4 is 10.1 Å². The van der Waals surface area contributed by atoms with Gasteiger partial charge in [-0.2, -0.15) is 5.26 Å². The number of nitrogens with zero attached hydrogens (tertiary/aromatic N) is 2. The lowest BCUT2D eigenvalue weighted by molar-refractivity contribution is -0.385. The van der Waals surface area contributed by atoms with Gasteiger partial charge in [0.25, 0.3) is 5.69 Å². The first kappa shape index (κ1) is 16.9. The Morgan fingerprint density at radius 1 is 1.50 bits per heavy atom. The van der Waals surface area contributed by atoms with Crippen LogP contribution in [-0.4, -0.2) is 24.1 Å². The van der Waals surface area contributed by atoms with Gasteiger partial charge in [-0.3, -0.25) is 15.4 Å². The predicted octanol–water partition coefficient (Wildman–Crippen LogP) is 3.39. The van der Waals surface area contributed by atoms with Crippen LogP contribution in [0.3, 0.4) is 0 Å². The minimum Gasteiger partial charge on any atom is -0.488 e. The van der Waals surface area contributed by atoms with E-state index in [0.717, 1.165) is 13.0 Å². The second kappa shape index (κ2) is 8.19. The molecule has 0 amide bonds. The highest BCUT2D eigenvalue weighted by molar-refractivity contribution is 9.11. The van der Waals surface area contributed by atoms with Gasteiger partial charge in [-0.25, -0.2) is 0 Å². The Bertz CT molecular complexity index is 508. The topological polar surface area (TPSA) is 88.2 Å². The number of non-ortho nitro benzene ring substituents is 1. The van der Waals surface area contributed by atoms with Gasteiger partial charge in [0.1, 0.15) is 18.4 Å². The predicted molar refractivity (Wildman–Crippen MR) is 81.7 cm³/mol. The lowest BCUT2D eigenvalue weighted by atomic mass is 10.3. The van der Waals surface area contributed by atoms with Crippen molar-refractivity contribution in [3.63, 3.8) is 0 Å². The van der Waals surface area contributed by atoms with Crippen molar-refractivity contribution in [3.8, 4) is 11.8 Å². The van der Waals surface area contributed by atoms with E-state index >= 15 is 0 Å². The van der Waals surface area contributed by atoms with Gasteiger partial charge in [-0.05, 0) is 44.8 Å². The first-order valence-electron chi connectivity index (χ1n) is 5.88. The number of nitriles is 1. The molecule has 20 heavy (non-hydrogen) atoms. The lowest BCUT2D eigenvalue weighted by Gasteiger charge is -2.14. The number of benzene rings is 1. The fraction of sp³-hybridized carbons (Fsp3) is 0.417. The molecule has 0 bridgehead atoms. The van der Waals surface area contributed by atoms with Crippen LogP contribution in [-0.2, 0) is 0 Å². The van der Waals surface area contributed by atoms with Crippen molar-refractivity contribution in [1.29, 1.82) is 5.26 Å². The normalized spacial score (nSPS) is 11.7. The van der Waals surface area contributed by atoms with Crippen molar-refractivity contribution in [2.24, 2.45) is 0 Å². The maximum absolute atomic E-state index is 10.7.